The Morgan fingerprint density at radius 2 is 2.27 bits per heavy atom. The average Bonchev–Trinajstić information content (AvgIpc) is 2.46. The van der Waals surface area contributed by atoms with Gasteiger partial charge in [-0.3, -0.25) is 4.79 Å². The molecule has 0 saturated heterocycles. The number of nitrogens with one attached hydrogen (secondary N) is 1. The van der Waals surface area contributed by atoms with Crippen LogP contribution in [-0.2, 0) is 20.7 Å². The van der Waals surface area contributed by atoms with E-state index in [4.69, 9.17) is 21.1 Å². The van der Waals surface area contributed by atoms with Crippen molar-refractivity contribution >= 4 is 23.5 Å². The molecule has 0 bridgehead atoms. The number of carbonyl (C=O) groups excluding carboxylic acids is 1. The Labute approximate surface area is 133 Å². The summed E-state index contributed by atoms with van der Waals surface area (Å²) in [6.07, 6.45) is 0.449. The average molecular weight is 328 g/mol. The van der Waals surface area contributed by atoms with E-state index < -0.39 is 17.4 Å². The SMILES string of the molecule is COCC(C)(NC(=O)C1COc2ccc(Cl)cc2C1)C(=O)O. The summed E-state index contributed by atoms with van der Waals surface area (Å²) in [5.41, 5.74) is -0.636. The first-order chi connectivity index (χ1) is 10.4. The number of fused-ring (bicyclic) bond motifs is 1. The van der Waals surface area contributed by atoms with Gasteiger partial charge in [0.2, 0.25) is 5.91 Å². The molecule has 1 heterocycles. The van der Waals surface area contributed by atoms with E-state index in [1.807, 2.05) is 0 Å². The molecular weight excluding hydrogens is 310 g/mol. The summed E-state index contributed by atoms with van der Waals surface area (Å²) in [7, 11) is 1.38. The molecule has 2 rings (SSSR count). The second kappa shape index (κ2) is 6.54. The van der Waals surface area contributed by atoms with Gasteiger partial charge in [-0.1, -0.05) is 11.6 Å². The minimum Gasteiger partial charge on any atom is -0.492 e. The molecule has 2 atom stereocenters. The second-order valence-electron chi connectivity index (χ2n) is 5.52. The molecule has 0 radical (unpaired) electrons. The van der Waals surface area contributed by atoms with Gasteiger partial charge in [-0.2, -0.15) is 0 Å². The van der Waals surface area contributed by atoms with Crippen LogP contribution in [0.2, 0.25) is 5.02 Å². The van der Waals surface area contributed by atoms with E-state index in [2.05, 4.69) is 5.32 Å². The Morgan fingerprint density at radius 1 is 1.55 bits per heavy atom. The van der Waals surface area contributed by atoms with Gasteiger partial charge in [-0.25, -0.2) is 4.79 Å². The monoisotopic (exact) mass is 327 g/mol. The lowest BCUT2D eigenvalue weighted by molar-refractivity contribution is -0.150. The van der Waals surface area contributed by atoms with Crippen molar-refractivity contribution in [3.05, 3.63) is 28.8 Å². The molecule has 0 aliphatic carbocycles. The van der Waals surface area contributed by atoms with Crippen LogP contribution in [0.15, 0.2) is 18.2 Å². The minimum absolute atomic E-state index is 0.121. The zero-order valence-electron chi connectivity index (χ0n) is 12.4. The Hall–Kier alpha value is -1.79. The molecule has 0 spiro atoms. The summed E-state index contributed by atoms with van der Waals surface area (Å²) >= 11 is 5.94. The highest BCUT2D eigenvalue weighted by Gasteiger charge is 2.38. The Kier molecular flexibility index (Phi) is 4.93. The predicted octanol–water partition coefficient (Wildman–Crippen LogP) is 1.50. The fraction of sp³-hybridized carbons (Fsp3) is 0.467. The maximum atomic E-state index is 12.3. The van der Waals surface area contributed by atoms with Gasteiger partial charge >= 0.3 is 5.97 Å². The van der Waals surface area contributed by atoms with Crippen molar-refractivity contribution in [3.8, 4) is 5.75 Å². The molecule has 2 unspecified atom stereocenters. The Balaban J connectivity index is 2.09. The molecule has 0 saturated carbocycles. The summed E-state index contributed by atoms with van der Waals surface area (Å²) in [6, 6.07) is 5.24. The largest absolute Gasteiger partial charge is 0.492 e. The van der Waals surface area contributed by atoms with Gasteiger partial charge in [0, 0.05) is 12.1 Å². The Bertz CT molecular complexity index is 591. The van der Waals surface area contributed by atoms with Crippen molar-refractivity contribution in [1.82, 2.24) is 5.32 Å². The van der Waals surface area contributed by atoms with E-state index in [0.717, 1.165) is 5.56 Å². The molecule has 1 aromatic carbocycles. The van der Waals surface area contributed by atoms with Gasteiger partial charge in [0.1, 0.15) is 12.4 Å². The molecule has 1 amide bonds. The van der Waals surface area contributed by atoms with Crippen LogP contribution in [0.1, 0.15) is 12.5 Å². The number of aliphatic carboxylic acids is 1. The van der Waals surface area contributed by atoms with Crippen LogP contribution in [0.3, 0.4) is 0 Å². The van der Waals surface area contributed by atoms with Crippen molar-refractivity contribution in [2.45, 2.75) is 18.9 Å². The number of amides is 1. The minimum atomic E-state index is -1.47. The highest BCUT2D eigenvalue weighted by Crippen LogP contribution is 2.30. The molecule has 2 N–H and O–H groups in total. The Morgan fingerprint density at radius 3 is 2.91 bits per heavy atom. The number of carbonyl (C=O) groups is 2. The quantitative estimate of drug-likeness (QED) is 0.856. The predicted molar refractivity (Wildman–Crippen MR) is 80.2 cm³/mol. The molecule has 7 heteroatoms. The lowest BCUT2D eigenvalue weighted by atomic mass is 9.94. The molecule has 120 valence electrons. The summed E-state index contributed by atoms with van der Waals surface area (Å²) in [5, 5.41) is 12.4. The summed E-state index contributed by atoms with van der Waals surface area (Å²) in [4.78, 5) is 23.7. The third kappa shape index (κ3) is 3.51. The zero-order valence-corrected chi connectivity index (χ0v) is 13.1. The number of halogens is 1. The normalized spacial score (nSPS) is 19.5. The molecule has 1 aliphatic rings. The van der Waals surface area contributed by atoms with Crippen LogP contribution >= 0.6 is 11.6 Å². The van der Waals surface area contributed by atoms with Gasteiger partial charge in [0.25, 0.3) is 0 Å². The van der Waals surface area contributed by atoms with Crippen LogP contribution in [0, 0.1) is 5.92 Å². The van der Waals surface area contributed by atoms with E-state index in [1.165, 1.54) is 14.0 Å². The van der Waals surface area contributed by atoms with Crippen LogP contribution in [0.25, 0.3) is 0 Å². The summed E-state index contributed by atoms with van der Waals surface area (Å²) in [5.74, 6) is -1.30. The fourth-order valence-corrected chi connectivity index (χ4v) is 2.54. The molecule has 1 aromatic rings. The molecular formula is C15H18ClNO5. The lowest BCUT2D eigenvalue weighted by Crippen LogP contribution is -2.57. The topological polar surface area (TPSA) is 84.9 Å². The van der Waals surface area contributed by atoms with Gasteiger partial charge in [-0.05, 0) is 37.1 Å². The van der Waals surface area contributed by atoms with E-state index >= 15 is 0 Å². The van der Waals surface area contributed by atoms with E-state index in [0.29, 0.717) is 17.2 Å². The summed E-state index contributed by atoms with van der Waals surface area (Å²) in [6.45, 7) is 1.48. The number of hydrogen-bond acceptors (Lipinski definition) is 4. The van der Waals surface area contributed by atoms with Crippen molar-refractivity contribution in [2.24, 2.45) is 5.92 Å². The molecule has 22 heavy (non-hydrogen) atoms. The highest BCUT2D eigenvalue weighted by atomic mass is 35.5. The third-order valence-corrected chi connectivity index (χ3v) is 3.84. The number of ether oxygens (including phenoxy) is 2. The van der Waals surface area contributed by atoms with Gasteiger partial charge < -0.3 is 19.9 Å². The second-order valence-corrected chi connectivity index (χ2v) is 5.96. The third-order valence-electron chi connectivity index (χ3n) is 3.60. The number of methoxy groups -OCH3 is 1. The first kappa shape index (κ1) is 16.6. The number of benzene rings is 1. The van der Waals surface area contributed by atoms with Crippen LogP contribution in [-0.4, -0.2) is 42.8 Å². The van der Waals surface area contributed by atoms with E-state index in [-0.39, 0.29) is 19.1 Å². The molecule has 0 aromatic heterocycles. The number of hydrogen-bond donors (Lipinski definition) is 2. The van der Waals surface area contributed by atoms with Crippen molar-refractivity contribution in [3.63, 3.8) is 0 Å². The van der Waals surface area contributed by atoms with Crippen molar-refractivity contribution < 1.29 is 24.2 Å². The van der Waals surface area contributed by atoms with Gasteiger partial charge in [0.05, 0.1) is 12.5 Å². The van der Waals surface area contributed by atoms with Crippen LogP contribution in [0.4, 0.5) is 0 Å². The van der Waals surface area contributed by atoms with Crippen LogP contribution < -0.4 is 10.1 Å². The van der Waals surface area contributed by atoms with Gasteiger partial charge in [-0.15, -0.1) is 0 Å². The highest BCUT2D eigenvalue weighted by molar-refractivity contribution is 6.30. The van der Waals surface area contributed by atoms with E-state index in [9.17, 15) is 14.7 Å². The lowest BCUT2D eigenvalue weighted by Gasteiger charge is -2.30. The number of carboxylic acids is 1. The first-order valence-corrected chi connectivity index (χ1v) is 7.19. The molecule has 0 fully saturated rings. The molecule has 6 nitrogen and oxygen atoms in total. The number of rotatable bonds is 5. The van der Waals surface area contributed by atoms with Crippen LogP contribution in [0.5, 0.6) is 5.75 Å². The van der Waals surface area contributed by atoms with Crippen molar-refractivity contribution in [1.29, 1.82) is 0 Å². The van der Waals surface area contributed by atoms with E-state index in [1.54, 1.807) is 18.2 Å². The molecule has 1 aliphatic heterocycles. The van der Waals surface area contributed by atoms with Crippen molar-refractivity contribution in [2.75, 3.05) is 20.3 Å². The first-order valence-electron chi connectivity index (χ1n) is 6.81. The fourth-order valence-electron chi connectivity index (χ4n) is 2.35. The van der Waals surface area contributed by atoms with Gasteiger partial charge in [0.15, 0.2) is 5.54 Å². The zero-order chi connectivity index (χ0) is 16.3. The standard InChI is InChI=1S/C15H18ClNO5/c1-15(8-21-2,14(19)20)17-13(18)10-5-9-6-11(16)3-4-12(9)22-7-10/h3-4,6,10H,5,7-8H2,1-2H3,(H,17,18)(H,19,20). The maximum absolute atomic E-state index is 12.3. The smallest absolute Gasteiger partial charge is 0.331 e. The maximum Gasteiger partial charge on any atom is 0.331 e. The summed E-state index contributed by atoms with van der Waals surface area (Å²) < 4.78 is 10.4. The number of carboxylic acid groups (broad SMARTS) is 1.